The van der Waals surface area contributed by atoms with E-state index in [0.29, 0.717) is 11.3 Å². The fourth-order valence-corrected chi connectivity index (χ4v) is 2.77. The van der Waals surface area contributed by atoms with Gasteiger partial charge < -0.3 is 19.5 Å². The Morgan fingerprint density at radius 2 is 2.04 bits per heavy atom. The molecule has 0 spiro atoms. The molecule has 0 saturated carbocycles. The number of amides is 1. The van der Waals surface area contributed by atoms with Gasteiger partial charge in [-0.05, 0) is 52.8 Å². The van der Waals surface area contributed by atoms with Gasteiger partial charge in [0.25, 0.3) is 0 Å². The first-order valence-corrected chi connectivity index (χ1v) is 7.83. The van der Waals surface area contributed by atoms with Gasteiger partial charge >= 0.3 is 6.09 Å². The second-order valence-electron chi connectivity index (χ2n) is 7.35. The Kier molecular flexibility index (Phi) is 4.77. The number of benzene rings is 1. The van der Waals surface area contributed by atoms with E-state index in [-0.39, 0.29) is 0 Å². The maximum Gasteiger partial charge on any atom is 0.408 e. The van der Waals surface area contributed by atoms with Crippen LogP contribution in [0.2, 0.25) is 0 Å². The highest BCUT2D eigenvalue weighted by molar-refractivity contribution is 5.68. The SMILES string of the molecule is COC1c2cc(C#N)ccc2OC(C)(C)[C@H]1NC(=O)OC(C)(C)C. The summed E-state index contributed by atoms with van der Waals surface area (Å²) in [6.45, 7) is 9.16. The minimum atomic E-state index is -0.710. The summed E-state index contributed by atoms with van der Waals surface area (Å²) in [5.41, 5.74) is -0.0659. The Morgan fingerprint density at radius 1 is 1.38 bits per heavy atom. The summed E-state index contributed by atoms with van der Waals surface area (Å²) in [7, 11) is 1.57. The Bertz CT molecular complexity index is 671. The van der Waals surface area contributed by atoms with E-state index in [1.807, 2.05) is 13.8 Å². The summed E-state index contributed by atoms with van der Waals surface area (Å²) in [5.74, 6) is 0.646. The Balaban J connectivity index is 2.35. The van der Waals surface area contributed by atoms with Crippen molar-refractivity contribution in [3.05, 3.63) is 29.3 Å². The minimum Gasteiger partial charge on any atom is -0.485 e. The van der Waals surface area contributed by atoms with Crippen LogP contribution in [0.25, 0.3) is 0 Å². The van der Waals surface area contributed by atoms with E-state index in [1.54, 1.807) is 46.1 Å². The lowest BCUT2D eigenvalue weighted by atomic mass is 9.85. The molecule has 0 fully saturated rings. The van der Waals surface area contributed by atoms with Gasteiger partial charge in [-0.15, -0.1) is 0 Å². The molecular formula is C18H24N2O4. The number of hydrogen-bond donors (Lipinski definition) is 1. The van der Waals surface area contributed by atoms with Crippen molar-refractivity contribution in [3.63, 3.8) is 0 Å². The number of nitrogens with one attached hydrogen (secondary N) is 1. The van der Waals surface area contributed by atoms with Crippen molar-refractivity contribution in [3.8, 4) is 11.8 Å². The topological polar surface area (TPSA) is 80.6 Å². The third kappa shape index (κ3) is 3.80. The van der Waals surface area contributed by atoms with Crippen LogP contribution in [-0.4, -0.2) is 30.4 Å². The molecule has 1 aromatic rings. The van der Waals surface area contributed by atoms with Crippen LogP contribution in [0.3, 0.4) is 0 Å². The average molecular weight is 332 g/mol. The maximum atomic E-state index is 12.2. The molecule has 1 aromatic carbocycles. The number of fused-ring (bicyclic) bond motifs is 1. The predicted octanol–water partition coefficient (Wildman–Crippen LogP) is 3.31. The molecule has 1 heterocycles. The minimum absolute atomic E-state index is 0.454. The molecule has 1 amide bonds. The largest absolute Gasteiger partial charge is 0.485 e. The van der Waals surface area contributed by atoms with E-state index in [2.05, 4.69) is 11.4 Å². The highest BCUT2D eigenvalue weighted by Crippen LogP contribution is 2.41. The van der Waals surface area contributed by atoms with Crippen LogP contribution in [0.5, 0.6) is 5.75 Å². The smallest absolute Gasteiger partial charge is 0.408 e. The van der Waals surface area contributed by atoms with Crippen molar-refractivity contribution in [1.29, 1.82) is 5.26 Å². The van der Waals surface area contributed by atoms with Gasteiger partial charge in [-0.2, -0.15) is 5.26 Å². The molecule has 1 aliphatic heterocycles. The van der Waals surface area contributed by atoms with Crippen LogP contribution in [-0.2, 0) is 9.47 Å². The Morgan fingerprint density at radius 3 is 2.58 bits per heavy atom. The molecule has 24 heavy (non-hydrogen) atoms. The zero-order valence-corrected chi connectivity index (χ0v) is 15.0. The number of hydrogen-bond acceptors (Lipinski definition) is 5. The summed E-state index contributed by atoms with van der Waals surface area (Å²) < 4.78 is 17.0. The molecule has 0 bridgehead atoms. The molecule has 1 N–H and O–H groups in total. The number of methoxy groups -OCH3 is 1. The van der Waals surface area contributed by atoms with Crippen LogP contribution in [0.15, 0.2) is 18.2 Å². The number of nitrogens with zero attached hydrogens (tertiary/aromatic N) is 1. The molecule has 0 saturated heterocycles. The van der Waals surface area contributed by atoms with Crippen molar-refractivity contribution in [1.82, 2.24) is 5.32 Å². The van der Waals surface area contributed by atoms with Gasteiger partial charge in [0.05, 0.1) is 11.6 Å². The van der Waals surface area contributed by atoms with E-state index in [1.165, 1.54) is 0 Å². The van der Waals surface area contributed by atoms with Crippen molar-refractivity contribution in [2.24, 2.45) is 0 Å². The number of rotatable bonds is 2. The summed E-state index contributed by atoms with van der Waals surface area (Å²) >= 11 is 0. The zero-order valence-electron chi connectivity index (χ0n) is 15.0. The molecule has 1 unspecified atom stereocenters. The van der Waals surface area contributed by atoms with E-state index < -0.39 is 29.4 Å². The van der Waals surface area contributed by atoms with Crippen LogP contribution in [0.1, 0.15) is 51.8 Å². The van der Waals surface area contributed by atoms with Gasteiger partial charge in [-0.1, -0.05) is 0 Å². The van der Waals surface area contributed by atoms with Gasteiger partial charge in [-0.3, -0.25) is 0 Å². The Hall–Kier alpha value is -2.26. The van der Waals surface area contributed by atoms with Crippen molar-refractivity contribution in [2.45, 2.75) is 58.0 Å². The normalized spacial score (nSPS) is 21.9. The molecule has 1 aliphatic rings. The van der Waals surface area contributed by atoms with Crippen LogP contribution < -0.4 is 10.1 Å². The summed E-state index contributed by atoms with van der Waals surface area (Å²) in [4.78, 5) is 12.2. The quantitative estimate of drug-likeness (QED) is 0.898. The number of carbonyl (C=O) groups excluding carboxylic acids is 1. The molecule has 6 nitrogen and oxygen atoms in total. The second-order valence-corrected chi connectivity index (χ2v) is 7.35. The lowest BCUT2D eigenvalue weighted by molar-refractivity contribution is -0.0496. The highest BCUT2D eigenvalue weighted by Gasteiger charge is 2.45. The molecule has 130 valence electrons. The fraction of sp³-hybridized carbons (Fsp3) is 0.556. The van der Waals surface area contributed by atoms with Crippen molar-refractivity contribution in [2.75, 3.05) is 7.11 Å². The number of alkyl carbamates (subject to hydrolysis) is 1. The predicted molar refractivity (Wildman–Crippen MR) is 88.8 cm³/mol. The Labute approximate surface area is 142 Å². The van der Waals surface area contributed by atoms with Gasteiger partial charge in [0, 0.05) is 12.7 Å². The lowest BCUT2D eigenvalue weighted by Gasteiger charge is -2.44. The third-order valence-corrected chi connectivity index (χ3v) is 3.80. The van der Waals surface area contributed by atoms with Crippen LogP contribution in [0, 0.1) is 11.3 Å². The molecule has 0 aromatic heterocycles. The number of carbonyl (C=O) groups is 1. The van der Waals surface area contributed by atoms with Crippen molar-refractivity contribution < 1.29 is 19.0 Å². The summed E-state index contributed by atoms with van der Waals surface area (Å²) in [5, 5.41) is 12.0. The zero-order chi connectivity index (χ0) is 18.1. The molecule has 2 atom stereocenters. The average Bonchev–Trinajstić information content (AvgIpc) is 2.45. The number of ether oxygens (including phenoxy) is 3. The highest BCUT2D eigenvalue weighted by atomic mass is 16.6. The van der Waals surface area contributed by atoms with E-state index in [4.69, 9.17) is 19.5 Å². The molecule has 6 heteroatoms. The molecular weight excluding hydrogens is 308 g/mol. The van der Waals surface area contributed by atoms with Crippen LogP contribution >= 0.6 is 0 Å². The maximum absolute atomic E-state index is 12.2. The summed E-state index contributed by atoms with van der Waals surface area (Å²) in [6, 6.07) is 6.81. The molecule has 0 radical (unpaired) electrons. The lowest BCUT2D eigenvalue weighted by Crippen LogP contribution is -2.58. The first-order valence-electron chi connectivity index (χ1n) is 7.83. The fourth-order valence-electron chi connectivity index (χ4n) is 2.77. The third-order valence-electron chi connectivity index (χ3n) is 3.80. The van der Waals surface area contributed by atoms with Gasteiger partial charge in [0.15, 0.2) is 0 Å². The first kappa shape index (κ1) is 18.1. The molecule has 2 rings (SSSR count). The van der Waals surface area contributed by atoms with Gasteiger partial charge in [0.2, 0.25) is 0 Å². The monoisotopic (exact) mass is 332 g/mol. The van der Waals surface area contributed by atoms with Gasteiger partial charge in [0.1, 0.15) is 29.1 Å². The van der Waals surface area contributed by atoms with Gasteiger partial charge in [-0.25, -0.2) is 4.79 Å². The van der Waals surface area contributed by atoms with E-state index >= 15 is 0 Å². The standard InChI is InChI=1S/C18H24N2O4/c1-17(2,3)24-16(21)20-15-14(22-6)12-9-11(10-19)7-8-13(12)23-18(15,4)5/h7-9,14-15H,1-6H3,(H,20,21)/t14?,15-/m0/s1. The van der Waals surface area contributed by atoms with Crippen molar-refractivity contribution >= 4 is 6.09 Å². The second kappa shape index (κ2) is 6.33. The number of nitriles is 1. The summed E-state index contributed by atoms with van der Waals surface area (Å²) in [6.07, 6.45) is -0.990. The van der Waals surface area contributed by atoms with Crippen LogP contribution in [0.4, 0.5) is 4.79 Å². The van der Waals surface area contributed by atoms with E-state index in [9.17, 15) is 4.79 Å². The van der Waals surface area contributed by atoms with E-state index in [0.717, 1.165) is 5.56 Å². The molecule has 0 aliphatic carbocycles. The first-order chi connectivity index (χ1) is 11.1.